The Morgan fingerprint density at radius 2 is 1.83 bits per heavy atom. The van der Waals surface area contributed by atoms with Crippen LogP contribution in [0.4, 0.5) is 5.69 Å². The van der Waals surface area contributed by atoms with Gasteiger partial charge in [0.15, 0.2) is 0 Å². The van der Waals surface area contributed by atoms with Crippen molar-refractivity contribution in [2.45, 2.75) is 33.2 Å². The molecular weight excluding hydrogens is 370 g/mol. The summed E-state index contributed by atoms with van der Waals surface area (Å²) >= 11 is 3.44. The Labute approximate surface area is 150 Å². The van der Waals surface area contributed by atoms with Gasteiger partial charge < -0.3 is 10.6 Å². The molecular formula is C18H20BrN3O2. The van der Waals surface area contributed by atoms with Crippen molar-refractivity contribution in [3.8, 4) is 0 Å². The van der Waals surface area contributed by atoms with Crippen LogP contribution in [0.15, 0.2) is 41.1 Å². The molecule has 5 nitrogen and oxygen atoms in total. The van der Waals surface area contributed by atoms with Crippen LogP contribution in [0.2, 0.25) is 0 Å². The monoisotopic (exact) mass is 389 g/mol. The number of halogens is 1. The number of anilines is 1. The molecule has 24 heavy (non-hydrogen) atoms. The van der Waals surface area contributed by atoms with E-state index in [0.717, 1.165) is 16.5 Å². The Kier molecular flexibility index (Phi) is 6.09. The summed E-state index contributed by atoms with van der Waals surface area (Å²) in [5.41, 5.74) is 2.46. The van der Waals surface area contributed by atoms with Gasteiger partial charge in [0.25, 0.3) is 11.8 Å². The molecule has 0 radical (unpaired) electrons. The number of pyridine rings is 1. The molecule has 6 heteroatoms. The fourth-order valence-electron chi connectivity index (χ4n) is 1.97. The van der Waals surface area contributed by atoms with Crippen LogP contribution in [0.25, 0.3) is 0 Å². The second kappa shape index (κ2) is 8.06. The first-order valence-electron chi connectivity index (χ1n) is 7.74. The molecule has 0 spiro atoms. The van der Waals surface area contributed by atoms with Gasteiger partial charge in [-0.05, 0) is 44.0 Å². The lowest BCUT2D eigenvalue weighted by Crippen LogP contribution is -2.32. The summed E-state index contributed by atoms with van der Waals surface area (Å²) in [6.45, 7) is 5.89. The molecule has 1 aromatic heterocycles. The Morgan fingerprint density at radius 3 is 2.46 bits per heavy atom. The molecule has 0 aliphatic rings. The zero-order valence-electron chi connectivity index (χ0n) is 13.9. The quantitative estimate of drug-likeness (QED) is 0.813. The first-order valence-corrected chi connectivity index (χ1v) is 8.53. The van der Waals surface area contributed by atoms with Gasteiger partial charge in [-0.2, -0.15) is 0 Å². The third-order valence-electron chi connectivity index (χ3n) is 3.68. The van der Waals surface area contributed by atoms with Crippen molar-refractivity contribution in [3.05, 3.63) is 57.8 Å². The predicted molar refractivity (Wildman–Crippen MR) is 98.3 cm³/mol. The standard InChI is InChI=1S/C18H20BrN3O2/c1-4-12(3)21-17(23)13-7-14(10-20-9-13)18(24)22-15-6-5-11(2)16(19)8-15/h5-10,12H,4H2,1-3H3,(H,21,23)(H,22,24). The molecule has 0 saturated carbocycles. The highest BCUT2D eigenvalue weighted by Gasteiger charge is 2.13. The van der Waals surface area contributed by atoms with E-state index in [-0.39, 0.29) is 17.9 Å². The van der Waals surface area contributed by atoms with Gasteiger partial charge in [0.05, 0.1) is 11.1 Å². The van der Waals surface area contributed by atoms with Crippen molar-refractivity contribution >= 4 is 33.4 Å². The number of aromatic nitrogens is 1. The molecule has 0 fully saturated rings. The smallest absolute Gasteiger partial charge is 0.257 e. The van der Waals surface area contributed by atoms with Crippen molar-refractivity contribution in [1.82, 2.24) is 10.3 Å². The molecule has 1 aromatic carbocycles. The number of carbonyl (C=O) groups excluding carboxylic acids is 2. The van der Waals surface area contributed by atoms with Crippen LogP contribution in [0.1, 0.15) is 46.5 Å². The number of rotatable bonds is 5. The lowest BCUT2D eigenvalue weighted by atomic mass is 10.1. The number of carbonyl (C=O) groups is 2. The van der Waals surface area contributed by atoms with E-state index in [1.807, 2.05) is 39.0 Å². The molecule has 1 atom stereocenters. The van der Waals surface area contributed by atoms with Gasteiger partial charge in [-0.1, -0.05) is 28.9 Å². The molecule has 2 amide bonds. The molecule has 2 rings (SSSR count). The van der Waals surface area contributed by atoms with Gasteiger partial charge in [-0.3, -0.25) is 14.6 Å². The molecule has 2 N–H and O–H groups in total. The second-order valence-corrected chi connectivity index (χ2v) is 6.52. The minimum atomic E-state index is -0.309. The van der Waals surface area contributed by atoms with Crippen molar-refractivity contribution in [2.75, 3.05) is 5.32 Å². The predicted octanol–water partition coefficient (Wildman–Crippen LogP) is 3.93. The van der Waals surface area contributed by atoms with Gasteiger partial charge in [0, 0.05) is 28.6 Å². The molecule has 2 aromatic rings. The van der Waals surface area contributed by atoms with E-state index in [2.05, 4.69) is 31.5 Å². The summed E-state index contributed by atoms with van der Waals surface area (Å²) in [5, 5.41) is 5.66. The third kappa shape index (κ3) is 4.64. The van der Waals surface area contributed by atoms with Crippen LogP contribution in [-0.4, -0.2) is 22.8 Å². The minimum Gasteiger partial charge on any atom is -0.350 e. The normalized spacial score (nSPS) is 11.7. The Hall–Kier alpha value is -2.21. The lowest BCUT2D eigenvalue weighted by Gasteiger charge is -2.12. The van der Waals surface area contributed by atoms with Gasteiger partial charge in [0.1, 0.15) is 0 Å². The van der Waals surface area contributed by atoms with E-state index in [1.165, 1.54) is 12.4 Å². The average molecular weight is 390 g/mol. The molecule has 0 saturated heterocycles. The van der Waals surface area contributed by atoms with E-state index in [1.54, 1.807) is 6.07 Å². The van der Waals surface area contributed by atoms with E-state index < -0.39 is 0 Å². The lowest BCUT2D eigenvalue weighted by molar-refractivity contribution is 0.0939. The maximum absolute atomic E-state index is 12.4. The summed E-state index contributed by atoms with van der Waals surface area (Å²) < 4.78 is 0.917. The Balaban J connectivity index is 2.13. The molecule has 0 bridgehead atoms. The van der Waals surface area contributed by atoms with E-state index >= 15 is 0 Å². The number of benzene rings is 1. The summed E-state index contributed by atoms with van der Waals surface area (Å²) in [6, 6.07) is 7.18. The minimum absolute atomic E-state index is 0.0693. The maximum Gasteiger partial charge on any atom is 0.257 e. The van der Waals surface area contributed by atoms with Gasteiger partial charge in [0.2, 0.25) is 0 Å². The third-order valence-corrected chi connectivity index (χ3v) is 4.54. The van der Waals surface area contributed by atoms with E-state index in [9.17, 15) is 9.59 Å². The van der Waals surface area contributed by atoms with Crippen LogP contribution < -0.4 is 10.6 Å². The highest BCUT2D eigenvalue weighted by molar-refractivity contribution is 9.10. The number of aryl methyl sites for hydroxylation is 1. The van der Waals surface area contributed by atoms with Crippen LogP contribution in [0, 0.1) is 6.92 Å². The molecule has 1 unspecified atom stereocenters. The molecule has 126 valence electrons. The first kappa shape index (κ1) is 18.1. The van der Waals surface area contributed by atoms with E-state index in [0.29, 0.717) is 16.8 Å². The number of hydrogen-bond donors (Lipinski definition) is 2. The number of nitrogens with zero attached hydrogens (tertiary/aromatic N) is 1. The zero-order valence-corrected chi connectivity index (χ0v) is 15.5. The molecule has 0 aliphatic carbocycles. The fourth-order valence-corrected chi connectivity index (χ4v) is 2.35. The van der Waals surface area contributed by atoms with Crippen molar-refractivity contribution in [1.29, 1.82) is 0 Å². The number of amides is 2. The highest BCUT2D eigenvalue weighted by Crippen LogP contribution is 2.21. The number of hydrogen-bond acceptors (Lipinski definition) is 3. The Morgan fingerprint density at radius 1 is 1.17 bits per heavy atom. The van der Waals surface area contributed by atoms with Crippen LogP contribution in [0.3, 0.4) is 0 Å². The van der Waals surface area contributed by atoms with E-state index in [4.69, 9.17) is 0 Å². The first-order chi connectivity index (χ1) is 11.4. The van der Waals surface area contributed by atoms with Crippen molar-refractivity contribution in [3.63, 3.8) is 0 Å². The number of nitrogens with one attached hydrogen (secondary N) is 2. The van der Waals surface area contributed by atoms with Gasteiger partial charge in [-0.25, -0.2) is 0 Å². The largest absolute Gasteiger partial charge is 0.350 e. The average Bonchev–Trinajstić information content (AvgIpc) is 2.58. The topological polar surface area (TPSA) is 71.1 Å². The summed E-state index contributed by atoms with van der Waals surface area (Å²) in [6.07, 6.45) is 3.73. The molecule has 0 aliphatic heterocycles. The summed E-state index contributed by atoms with van der Waals surface area (Å²) in [4.78, 5) is 28.5. The highest BCUT2D eigenvalue weighted by atomic mass is 79.9. The second-order valence-electron chi connectivity index (χ2n) is 5.66. The van der Waals surface area contributed by atoms with Crippen molar-refractivity contribution in [2.24, 2.45) is 0 Å². The van der Waals surface area contributed by atoms with Crippen LogP contribution >= 0.6 is 15.9 Å². The summed E-state index contributed by atoms with van der Waals surface area (Å²) in [7, 11) is 0. The van der Waals surface area contributed by atoms with Gasteiger partial charge in [-0.15, -0.1) is 0 Å². The summed E-state index contributed by atoms with van der Waals surface area (Å²) in [5.74, 6) is -0.541. The van der Waals surface area contributed by atoms with Crippen molar-refractivity contribution < 1.29 is 9.59 Å². The Bertz CT molecular complexity index is 762. The fraction of sp³-hybridized carbons (Fsp3) is 0.278. The SMILES string of the molecule is CCC(C)NC(=O)c1cncc(C(=O)Nc2ccc(C)c(Br)c2)c1. The van der Waals surface area contributed by atoms with Crippen LogP contribution in [0.5, 0.6) is 0 Å². The molecule has 1 heterocycles. The maximum atomic E-state index is 12.4. The zero-order chi connectivity index (χ0) is 17.7. The van der Waals surface area contributed by atoms with Gasteiger partial charge >= 0.3 is 0 Å². The van der Waals surface area contributed by atoms with Crippen LogP contribution in [-0.2, 0) is 0 Å².